The quantitative estimate of drug-likeness (QED) is 0.257. The van der Waals surface area contributed by atoms with Gasteiger partial charge in [-0.2, -0.15) is 5.26 Å². The molecule has 2 heteroatoms. The summed E-state index contributed by atoms with van der Waals surface area (Å²) in [5, 5.41) is 10.6. The first-order valence-electron chi connectivity index (χ1n) is 12.1. The molecule has 2 aliphatic heterocycles. The number of piperidine rings is 1. The van der Waals surface area contributed by atoms with E-state index in [-0.39, 0.29) is 0 Å². The number of rotatable bonds is 9. The molecule has 2 fully saturated rings. The predicted molar refractivity (Wildman–Crippen MR) is 129 cm³/mol. The van der Waals surface area contributed by atoms with Crippen molar-refractivity contribution in [2.45, 2.75) is 68.9 Å². The molecular weight excluding hydrogens is 376 g/mol. The standard InChI is InChI=1S/C29H37N2/c1-3-4-5-12-19-31(2)27-17-18-28(31)21-24(20-27)22-29(23-30,25-13-8-6-9-14-25)26-15-10-7-11-16-26/h3,6-11,13-16,24,27-28H,1,4-5,12,17-22H2,2H3/q+1/t24-,27+,28-,31?. The van der Waals surface area contributed by atoms with E-state index in [4.69, 9.17) is 0 Å². The van der Waals surface area contributed by atoms with Gasteiger partial charge in [-0.05, 0) is 42.7 Å². The molecule has 0 radical (unpaired) electrons. The molecule has 0 amide bonds. The minimum absolute atomic E-state index is 0.558. The third-order valence-electron chi connectivity index (χ3n) is 8.33. The first-order valence-corrected chi connectivity index (χ1v) is 12.1. The molecule has 1 unspecified atom stereocenters. The summed E-state index contributed by atoms with van der Waals surface area (Å²) in [6.07, 6.45) is 11.9. The van der Waals surface area contributed by atoms with Gasteiger partial charge in [0.05, 0.1) is 31.7 Å². The van der Waals surface area contributed by atoms with Crippen LogP contribution in [-0.2, 0) is 5.41 Å². The molecule has 0 aromatic heterocycles. The van der Waals surface area contributed by atoms with Crippen LogP contribution in [-0.4, -0.2) is 30.2 Å². The molecule has 0 N–H and O–H groups in total. The summed E-state index contributed by atoms with van der Waals surface area (Å²) in [4.78, 5) is 0. The number of allylic oxidation sites excluding steroid dienone is 1. The molecule has 2 aromatic carbocycles. The predicted octanol–water partition coefficient (Wildman–Crippen LogP) is 6.63. The summed E-state index contributed by atoms with van der Waals surface area (Å²) < 4.78 is 1.27. The van der Waals surface area contributed by atoms with Crippen molar-refractivity contribution in [2.24, 2.45) is 5.92 Å². The molecule has 0 aliphatic carbocycles. The molecule has 4 rings (SSSR count). The Morgan fingerprint density at radius 2 is 1.52 bits per heavy atom. The van der Waals surface area contributed by atoms with E-state index in [9.17, 15) is 5.26 Å². The zero-order chi connectivity index (χ0) is 21.7. The average molecular weight is 414 g/mol. The van der Waals surface area contributed by atoms with E-state index >= 15 is 0 Å². The number of quaternary nitrogens is 1. The number of hydrogen-bond acceptors (Lipinski definition) is 1. The Hall–Kier alpha value is -2.37. The third kappa shape index (κ3) is 4.21. The van der Waals surface area contributed by atoms with Gasteiger partial charge in [0.15, 0.2) is 0 Å². The maximum absolute atomic E-state index is 10.6. The molecule has 4 atom stereocenters. The van der Waals surface area contributed by atoms with E-state index in [0.29, 0.717) is 5.92 Å². The molecule has 2 heterocycles. The van der Waals surface area contributed by atoms with Gasteiger partial charge in [-0.15, -0.1) is 6.58 Å². The number of hydrogen-bond donors (Lipinski definition) is 0. The van der Waals surface area contributed by atoms with Crippen LogP contribution in [0.3, 0.4) is 0 Å². The lowest BCUT2D eigenvalue weighted by atomic mass is 9.67. The topological polar surface area (TPSA) is 23.8 Å². The molecule has 2 nitrogen and oxygen atoms in total. The largest absolute Gasteiger partial charge is 0.321 e. The smallest absolute Gasteiger partial charge is 0.107 e. The van der Waals surface area contributed by atoms with Crippen LogP contribution in [0.5, 0.6) is 0 Å². The summed E-state index contributed by atoms with van der Waals surface area (Å²) in [7, 11) is 2.51. The van der Waals surface area contributed by atoms with Gasteiger partial charge in [-0.3, -0.25) is 0 Å². The fourth-order valence-electron chi connectivity index (χ4n) is 6.58. The van der Waals surface area contributed by atoms with E-state index in [0.717, 1.165) is 36.1 Å². The minimum atomic E-state index is -0.558. The van der Waals surface area contributed by atoms with Crippen LogP contribution in [0.1, 0.15) is 62.5 Å². The highest BCUT2D eigenvalue weighted by Crippen LogP contribution is 2.48. The van der Waals surface area contributed by atoms with Crippen molar-refractivity contribution in [3.05, 3.63) is 84.4 Å². The Kier molecular flexibility index (Phi) is 6.63. The SMILES string of the molecule is C=CCCCC[N+]1(C)[C@@H]2CC[C@H]1C[C@@H](CC(C#N)(c1ccccc1)c1ccccc1)C2. The highest BCUT2D eigenvalue weighted by atomic mass is 15.4. The second-order valence-corrected chi connectivity index (χ2v) is 10.0. The fourth-order valence-corrected chi connectivity index (χ4v) is 6.58. The van der Waals surface area contributed by atoms with Gasteiger partial charge in [0.25, 0.3) is 0 Å². The van der Waals surface area contributed by atoms with E-state index in [1.165, 1.54) is 49.6 Å². The van der Waals surface area contributed by atoms with Crippen molar-refractivity contribution >= 4 is 0 Å². The summed E-state index contributed by atoms with van der Waals surface area (Å²) in [6.45, 7) is 5.18. The first-order chi connectivity index (χ1) is 15.1. The molecule has 2 aromatic rings. The van der Waals surface area contributed by atoms with Gasteiger partial charge in [0.2, 0.25) is 0 Å². The van der Waals surface area contributed by atoms with E-state index in [2.05, 4.69) is 74.3 Å². The molecule has 162 valence electrons. The molecule has 0 spiro atoms. The lowest BCUT2D eigenvalue weighted by Gasteiger charge is -2.48. The molecular formula is C29H37N2+. The second-order valence-electron chi connectivity index (χ2n) is 10.0. The Bertz CT molecular complexity index is 842. The van der Waals surface area contributed by atoms with Crippen molar-refractivity contribution < 1.29 is 4.48 Å². The summed E-state index contributed by atoms with van der Waals surface area (Å²) >= 11 is 0. The van der Waals surface area contributed by atoms with Crippen molar-refractivity contribution in [1.82, 2.24) is 0 Å². The highest BCUT2D eigenvalue weighted by molar-refractivity contribution is 5.45. The van der Waals surface area contributed by atoms with Gasteiger partial charge < -0.3 is 4.48 Å². The number of unbranched alkanes of at least 4 members (excludes halogenated alkanes) is 2. The van der Waals surface area contributed by atoms with Crippen LogP contribution < -0.4 is 0 Å². The number of fused-ring (bicyclic) bond motifs is 2. The van der Waals surface area contributed by atoms with E-state index < -0.39 is 5.41 Å². The molecule has 2 bridgehead atoms. The zero-order valence-electron chi connectivity index (χ0n) is 19.0. The lowest BCUT2D eigenvalue weighted by Crippen LogP contribution is -2.58. The van der Waals surface area contributed by atoms with E-state index in [1.54, 1.807) is 0 Å². The Morgan fingerprint density at radius 3 is 2.00 bits per heavy atom. The van der Waals surface area contributed by atoms with E-state index in [1.807, 2.05) is 12.1 Å². The van der Waals surface area contributed by atoms with Crippen molar-refractivity contribution in [2.75, 3.05) is 13.6 Å². The number of nitrogens with zero attached hydrogens (tertiary/aromatic N) is 2. The van der Waals surface area contributed by atoms with Crippen LogP contribution >= 0.6 is 0 Å². The Balaban J connectivity index is 1.56. The van der Waals surface area contributed by atoms with Gasteiger partial charge in [-0.1, -0.05) is 66.7 Å². The first kappa shape index (κ1) is 21.8. The maximum Gasteiger partial charge on any atom is 0.107 e. The van der Waals surface area contributed by atoms with Crippen LogP contribution in [0.2, 0.25) is 0 Å². The van der Waals surface area contributed by atoms with Crippen molar-refractivity contribution in [3.8, 4) is 6.07 Å². The van der Waals surface area contributed by atoms with Crippen LogP contribution in [0.25, 0.3) is 0 Å². The minimum Gasteiger partial charge on any atom is -0.321 e. The zero-order valence-corrected chi connectivity index (χ0v) is 19.0. The second kappa shape index (κ2) is 9.41. The van der Waals surface area contributed by atoms with Crippen LogP contribution in [0.15, 0.2) is 73.3 Å². The number of benzene rings is 2. The van der Waals surface area contributed by atoms with Gasteiger partial charge >= 0.3 is 0 Å². The normalized spacial score (nSPS) is 27.5. The van der Waals surface area contributed by atoms with Gasteiger partial charge in [0, 0.05) is 25.7 Å². The maximum atomic E-state index is 10.6. The molecule has 0 saturated carbocycles. The summed E-state index contributed by atoms with van der Waals surface area (Å²) in [5.74, 6) is 0.608. The monoisotopic (exact) mass is 413 g/mol. The van der Waals surface area contributed by atoms with Crippen molar-refractivity contribution in [1.29, 1.82) is 5.26 Å². The fraction of sp³-hybridized carbons (Fsp3) is 0.483. The summed E-state index contributed by atoms with van der Waals surface area (Å²) in [5.41, 5.74) is 1.73. The average Bonchev–Trinajstić information content (AvgIpc) is 2.98. The third-order valence-corrected chi connectivity index (χ3v) is 8.33. The number of nitriles is 1. The van der Waals surface area contributed by atoms with Gasteiger partial charge in [-0.25, -0.2) is 0 Å². The Morgan fingerprint density at radius 1 is 0.968 bits per heavy atom. The van der Waals surface area contributed by atoms with Crippen LogP contribution in [0, 0.1) is 17.2 Å². The van der Waals surface area contributed by atoms with Gasteiger partial charge in [0.1, 0.15) is 5.41 Å². The highest BCUT2D eigenvalue weighted by Gasteiger charge is 2.52. The lowest BCUT2D eigenvalue weighted by molar-refractivity contribution is -0.949. The molecule has 2 saturated heterocycles. The Labute approximate surface area is 188 Å². The van der Waals surface area contributed by atoms with Crippen LogP contribution in [0.4, 0.5) is 0 Å². The molecule has 2 aliphatic rings. The molecule has 31 heavy (non-hydrogen) atoms. The van der Waals surface area contributed by atoms with Crippen molar-refractivity contribution in [3.63, 3.8) is 0 Å². The summed E-state index contributed by atoms with van der Waals surface area (Å²) in [6, 6.07) is 25.3.